The molecule has 0 radical (unpaired) electrons. The second kappa shape index (κ2) is 5.86. The van der Waals surface area contributed by atoms with Gasteiger partial charge in [-0.05, 0) is 25.3 Å². The van der Waals surface area contributed by atoms with Crippen molar-refractivity contribution in [1.29, 1.82) is 0 Å². The number of aryl methyl sites for hydroxylation is 2. The number of hydrogen-bond acceptors (Lipinski definition) is 3. The van der Waals surface area contributed by atoms with Gasteiger partial charge in [-0.2, -0.15) is 5.10 Å². The quantitative estimate of drug-likeness (QED) is 0.815. The van der Waals surface area contributed by atoms with Gasteiger partial charge in [0, 0.05) is 7.05 Å². The third kappa shape index (κ3) is 2.94. The highest BCUT2D eigenvalue weighted by Gasteiger charge is 2.37. The van der Waals surface area contributed by atoms with Crippen LogP contribution in [-0.4, -0.2) is 32.3 Å². The van der Waals surface area contributed by atoms with Crippen molar-refractivity contribution in [2.45, 2.75) is 45.6 Å². The summed E-state index contributed by atoms with van der Waals surface area (Å²) in [6.07, 6.45) is 1.40. The number of carboxylic acid groups (broad SMARTS) is 1. The van der Waals surface area contributed by atoms with Crippen LogP contribution in [0.5, 0.6) is 0 Å². The Bertz CT molecular complexity index is 475. The third-order valence-electron chi connectivity index (χ3n) is 3.49. The molecule has 0 atom stereocenters. The Balaban J connectivity index is 3.00. The molecule has 19 heavy (non-hydrogen) atoms. The number of amides is 1. The van der Waals surface area contributed by atoms with Gasteiger partial charge in [-0.1, -0.05) is 20.8 Å². The number of nitrogens with zero attached hydrogens (tertiary/aromatic N) is 2. The van der Waals surface area contributed by atoms with Crippen LogP contribution in [0.3, 0.4) is 0 Å². The van der Waals surface area contributed by atoms with Crippen LogP contribution in [0.1, 0.15) is 49.8 Å². The zero-order valence-electron chi connectivity index (χ0n) is 11.9. The average molecular weight is 267 g/mol. The molecule has 1 amide bonds. The second-order valence-corrected chi connectivity index (χ2v) is 4.55. The van der Waals surface area contributed by atoms with Crippen LogP contribution in [-0.2, 0) is 18.3 Å². The van der Waals surface area contributed by atoms with E-state index in [0.717, 1.165) is 12.1 Å². The lowest BCUT2D eigenvalue weighted by Crippen LogP contribution is -2.54. The van der Waals surface area contributed by atoms with E-state index in [1.165, 1.54) is 4.68 Å². The van der Waals surface area contributed by atoms with Crippen LogP contribution in [0.15, 0.2) is 6.07 Å². The van der Waals surface area contributed by atoms with E-state index in [2.05, 4.69) is 10.4 Å². The summed E-state index contributed by atoms with van der Waals surface area (Å²) in [6, 6.07) is 1.69. The first-order valence-corrected chi connectivity index (χ1v) is 6.49. The number of carbonyl (C=O) groups excluding carboxylic acids is 1. The largest absolute Gasteiger partial charge is 0.480 e. The molecule has 1 heterocycles. The molecular formula is C13H21N3O3. The van der Waals surface area contributed by atoms with Crippen LogP contribution in [0.2, 0.25) is 0 Å². The maximum Gasteiger partial charge on any atom is 0.329 e. The highest BCUT2D eigenvalue weighted by molar-refractivity contribution is 5.96. The first-order valence-electron chi connectivity index (χ1n) is 6.49. The molecule has 0 saturated heterocycles. The molecule has 0 aromatic carbocycles. The second-order valence-electron chi connectivity index (χ2n) is 4.55. The molecule has 6 heteroatoms. The van der Waals surface area contributed by atoms with E-state index in [9.17, 15) is 14.7 Å². The summed E-state index contributed by atoms with van der Waals surface area (Å²) in [5, 5.41) is 16.1. The van der Waals surface area contributed by atoms with Crippen molar-refractivity contribution in [2.75, 3.05) is 0 Å². The number of aliphatic carboxylic acids is 1. The summed E-state index contributed by atoms with van der Waals surface area (Å²) in [6.45, 7) is 5.45. The molecule has 1 rings (SSSR count). The maximum absolute atomic E-state index is 12.2. The minimum absolute atomic E-state index is 0.336. The fourth-order valence-electron chi connectivity index (χ4n) is 1.98. The van der Waals surface area contributed by atoms with E-state index in [0.29, 0.717) is 18.5 Å². The minimum atomic E-state index is -1.21. The van der Waals surface area contributed by atoms with E-state index < -0.39 is 17.4 Å². The number of nitrogens with one attached hydrogen (secondary N) is 1. The van der Waals surface area contributed by atoms with Crippen LogP contribution in [0.4, 0.5) is 0 Å². The number of carboxylic acids is 1. The van der Waals surface area contributed by atoms with Crippen LogP contribution in [0.25, 0.3) is 0 Å². The van der Waals surface area contributed by atoms with Crippen molar-refractivity contribution in [3.63, 3.8) is 0 Å². The van der Waals surface area contributed by atoms with Gasteiger partial charge in [0.05, 0.1) is 5.69 Å². The van der Waals surface area contributed by atoms with E-state index in [-0.39, 0.29) is 0 Å². The first kappa shape index (κ1) is 15.2. The number of rotatable bonds is 6. The normalized spacial score (nSPS) is 11.4. The molecule has 2 N–H and O–H groups in total. The van der Waals surface area contributed by atoms with Crippen LogP contribution < -0.4 is 5.32 Å². The van der Waals surface area contributed by atoms with Crippen LogP contribution >= 0.6 is 0 Å². The maximum atomic E-state index is 12.2. The first-order chi connectivity index (χ1) is 8.90. The molecule has 0 spiro atoms. The number of carbonyl (C=O) groups is 2. The minimum Gasteiger partial charge on any atom is -0.480 e. The van der Waals surface area contributed by atoms with Crippen LogP contribution in [0, 0.1) is 0 Å². The van der Waals surface area contributed by atoms with Crippen molar-refractivity contribution >= 4 is 11.9 Å². The van der Waals surface area contributed by atoms with E-state index in [1.54, 1.807) is 27.0 Å². The summed E-state index contributed by atoms with van der Waals surface area (Å²) in [5.74, 6) is -1.41. The smallest absolute Gasteiger partial charge is 0.329 e. The van der Waals surface area contributed by atoms with Gasteiger partial charge >= 0.3 is 5.97 Å². The van der Waals surface area contributed by atoms with Crippen molar-refractivity contribution in [3.8, 4) is 0 Å². The van der Waals surface area contributed by atoms with Crippen molar-refractivity contribution < 1.29 is 14.7 Å². The molecule has 0 aliphatic heterocycles. The van der Waals surface area contributed by atoms with E-state index >= 15 is 0 Å². The molecule has 0 aliphatic carbocycles. The molecule has 0 unspecified atom stereocenters. The summed E-state index contributed by atoms with van der Waals surface area (Å²) >= 11 is 0. The molecule has 6 nitrogen and oxygen atoms in total. The monoisotopic (exact) mass is 267 g/mol. The Morgan fingerprint density at radius 1 is 1.37 bits per heavy atom. The van der Waals surface area contributed by atoms with Gasteiger partial charge in [0.1, 0.15) is 11.2 Å². The van der Waals surface area contributed by atoms with Gasteiger partial charge in [-0.15, -0.1) is 0 Å². The van der Waals surface area contributed by atoms with Crippen molar-refractivity contribution in [3.05, 3.63) is 17.5 Å². The lowest BCUT2D eigenvalue weighted by Gasteiger charge is -2.27. The van der Waals surface area contributed by atoms with Crippen molar-refractivity contribution in [1.82, 2.24) is 15.1 Å². The fraction of sp³-hybridized carbons (Fsp3) is 0.615. The Kier molecular flexibility index (Phi) is 4.69. The van der Waals surface area contributed by atoms with Gasteiger partial charge in [-0.25, -0.2) is 4.79 Å². The van der Waals surface area contributed by atoms with Gasteiger partial charge < -0.3 is 10.4 Å². The van der Waals surface area contributed by atoms with Gasteiger partial charge in [-0.3, -0.25) is 9.48 Å². The fourth-order valence-corrected chi connectivity index (χ4v) is 1.98. The summed E-state index contributed by atoms with van der Waals surface area (Å²) in [5.41, 5.74) is -0.0285. The van der Waals surface area contributed by atoms with E-state index in [1.807, 2.05) is 6.92 Å². The molecule has 0 saturated carbocycles. The zero-order valence-corrected chi connectivity index (χ0v) is 11.9. The Morgan fingerprint density at radius 3 is 2.32 bits per heavy atom. The topological polar surface area (TPSA) is 84.2 Å². The Labute approximate surface area is 112 Å². The summed E-state index contributed by atoms with van der Waals surface area (Å²) in [7, 11) is 1.68. The SMILES string of the molecule is CCc1cc(C(=O)NC(CC)(CC)C(=O)O)n(C)n1. The Hall–Kier alpha value is -1.85. The molecular weight excluding hydrogens is 246 g/mol. The predicted octanol–water partition coefficient (Wildman–Crippen LogP) is 1.36. The molecule has 106 valence electrons. The predicted molar refractivity (Wildman–Crippen MR) is 71.0 cm³/mol. The number of hydrogen-bond donors (Lipinski definition) is 2. The third-order valence-corrected chi connectivity index (χ3v) is 3.49. The zero-order chi connectivity index (χ0) is 14.6. The molecule has 1 aromatic rings. The summed E-state index contributed by atoms with van der Waals surface area (Å²) < 4.78 is 1.48. The molecule has 0 bridgehead atoms. The number of aromatic nitrogens is 2. The van der Waals surface area contributed by atoms with Crippen molar-refractivity contribution in [2.24, 2.45) is 7.05 Å². The lowest BCUT2D eigenvalue weighted by molar-refractivity contribution is -0.144. The van der Waals surface area contributed by atoms with E-state index in [4.69, 9.17) is 0 Å². The summed E-state index contributed by atoms with van der Waals surface area (Å²) in [4.78, 5) is 23.6. The molecule has 0 aliphatic rings. The standard InChI is InChI=1S/C13H21N3O3/c1-5-9-8-10(16(4)15-9)11(17)14-13(6-2,7-3)12(18)19/h8H,5-7H2,1-4H3,(H,14,17)(H,18,19). The lowest BCUT2D eigenvalue weighted by atomic mass is 9.93. The molecule has 0 fully saturated rings. The highest BCUT2D eigenvalue weighted by Crippen LogP contribution is 2.17. The van der Waals surface area contributed by atoms with Gasteiger partial charge in [0.25, 0.3) is 5.91 Å². The van der Waals surface area contributed by atoms with Gasteiger partial charge in [0.2, 0.25) is 0 Å². The average Bonchev–Trinajstić information content (AvgIpc) is 2.77. The molecule has 1 aromatic heterocycles. The van der Waals surface area contributed by atoms with Gasteiger partial charge in [0.15, 0.2) is 0 Å². The Morgan fingerprint density at radius 2 is 1.95 bits per heavy atom. The highest BCUT2D eigenvalue weighted by atomic mass is 16.4.